The van der Waals surface area contributed by atoms with Crippen molar-refractivity contribution < 1.29 is 62.9 Å². The first-order valence-corrected chi connectivity index (χ1v) is 4.90. The Morgan fingerprint density at radius 2 is 0.955 bits per heavy atom. The van der Waals surface area contributed by atoms with Gasteiger partial charge < -0.3 is 10.2 Å². The molecule has 3 atom stereocenters. The van der Waals surface area contributed by atoms with Crippen LogP contribution in [0.3, 0.4) is 0 Å². The van der Waals surface area contributed by atoms with Crippen LogP contribution in [0.4, 0.5) is 52.7 Å². The molecule has 0 spiro atoms. The van der Waals surface area contributed by atoms with Crippen molar-refractivity contribution in [3.8, 4) is 0 Å². The standard InChI is InChI=1S/C8H6F12O2/c9-1(2(10)4(12)13)3(11)5(14,15)6(16,17)7(18,19)8(20,21)22/h1-4,21-22H. The number of halogens is 12. The Morgan fingerprint density at radius 1 is 0.591 bits per heavy atom. The molecular weight excluding hydrogens is 356 g/mol. The summed E-state index contributed by atoms with van der Waals surface area (Å²) in [7, 11) is 0. The van der Waals surface area contributed by atoms with Crippen molar-refractivity contribution in [1.29, 1.82) is 0 Å². The second kappa shape index (κ2) is 5.94. The largest absolute Gasteiger partial charge is 0.399 e. The van der Waals surface area contributed by atoms with E-state index in [0.29, 0.717) is 0 Å². The molecule has 134 valence electrons. The normalized spacial score (nSPS) is 19.2. The lowest BCUT2D eigenvalue weighted by Crippen LogP contribution is -2.67. The Balaban J connectivity index is 5.71. The summed E-state index contributed by atoms with van der Waals surface area (Å²) >= 11 is 0. The van der Waals surface area contributed by atoms with E-state index in [1.807, 2.05) is 0 Å². The molecule has 0 aliphatic rings. The third-order valence-electron chi connectivity index (χ3n) is 2.38. The average molecular weight is 362 g/mol. The SMILES string of the molecule is OC(O)(F)C(F)(F)C(F)(F)C(F)(F)C(F)C(F)C(F)C(F)F. The highest BCUT2D eigenvalue weighted by Gasteiger charge is 2.82. The highest BCUT2D eigenvalue weighted by atomic mass is 19.4. The van der Waals surface area contributed by atoms with Crippen molar-refractivity contribution in [2.45, 2.75) is 48.7 Å². The zero-order chi connectivity index (χ0) is 18.3. The minimum absolute atomic E-state index is 4.39. The van der Waals surface area contributed by atoms with Crippen molar-refractivity contribution in [1.82, 2.24) is 0 Å². The number of hydrogen-bond donors (Lipinski definition) is 2. The highest BCUT2D eigenvalue weighted by molar-refractivity contribution is 5.05. The Bertz CT molecular complexity index is 378. The number of rotatable bonds is 7. The summed E-state index contributed by atoms with van der Waals surface area (Å²) in [4.78, 5) is 0. The molecule has 0 saturated heterocycles. The van der Waals surface area contributed by atoms with Gasteiger partial charge in [0.2, 0.25) is 6.17 Å². The summed E-state index contributed by atoms with van der Waals surface area (Å²) < 4.78 is 149. The molecule has 0 aromatic rings. The van der Waals surface area contributed by atoms with E-state index in [1.165, 1.54) is 0 Å². The zero-order valence-corrected chi connectivity index (χ0v) is 9.74. The van der Waals surface area contributed by atoms with Crippen LogP contribution in [0.25, 0.3) is 0 Å². The van der Waals surface area contributed by atoms with E-state index in [9.17, 15) is 52.7 Å². The van der Waals surface area contributed by atoms with E-state index in [2.05, 4.69) is 0 Å². The van der Waals surface area contributed by atoms with Crippen LogP contribution >= 0.6 is 0 Å². The lowest BCUT2D eigenvalue weighted by Gasteiger charge is -2.37. The summed E-state index contributed by atoms with van der Waals surface area (Å²) in [6.07, 6.45) is -18.8. The fourth-order valence-corrected chi connectivity index (χ4v) is 1.08. The Hall–Kier alpha value is -0.920. The molecule has 3 unspecified atom stereocenters. The smallest absolute Gasteiger partial charge is 0.335 e. The summed E-state index contributed by atoms with van der Waals surface area (Å²) in [6.45, 7) is 0. The van der Waals surface area contributed by atoms with E-state index < -0.39 is 48.7 Å². The lowest BCUT2D eigenvalue weighted by atomic mass is 9.95. The van der Waals surface area contributed by atoms with Gasteiger partial charge in [-0.1, -0.05) is 0 Å². The molecule has 2 N–H and O–H groups in total. The third-order valence-corrected chi connectivity index (χ3v) is 2.38. The van der Waals surface area contributed by atoms with E-state index >= 15 is 0 Å². The van der Waals surface area contributed by atoms with Gasteiger partial charge in [-0.15, -0.1) is 0 Å². The summed E-state index contributed by atoms with van der Waals surface area (Å²) in [6, 6.07) is -6.30. The summed E-state index contributed by atoms with van der Waals surface area (Å²) in [5, 5.41) is 15.4. The van der Waals surface area contributed by atoms with Crippen molar-refractivity contribution in [3.05, 3.63) is 0 Å². The molecular formula is C8H6F12O2. The zero-order valence-electron chi connectivity index (χ0n) is 9.74. The van der Waals surface area contributed by atoms with Crippen molar-refractivity contribution in [2.24, 2.45) is 0 Å². The Labute approximate surface area is 113 Å². The Kier molecular flexibility index (Phi) is 5.69. The molecule has 0 aliphatic heterocycles. The maximum Gasteiger partial charge on any atom is 0.399 e. The molecule has 0 fully saturated rings. The number of alkyl halides is 12. The van der Waals surface area contributed by atoms with Gasteiger partial charge >= 0.3 is 23.8 Å². The van der Waals surface area contributed by atoms with E-state index in [1.54, 1.807) is 0 Å². The average Bonchev–Trinajstić information content (AvgIpc) is 2.33. The monoisotopic (exact) mass is 362 g/mol. The van der Waals surface area contributed by atoms with Gasteiger partial charge in [-0.2, -0.15) is 30.7 Å². The van der Waals surface area contributed by atoms with Crippen LogP contribution in [0.15, 0.2) is 0 Å². The van der Waals surface area contributed by atoms with Crippen LogP contribution in [-0.4, -0.2) is 59.0 Å². The van der Waals surface area contributed by atoms with E-state index in [-0.39, 0.29) is 0 Å². The fraction of sp³-hybridized carbons (Fsp3) is 1.00. The lowest BCUT2D eigenvalue weighted by molar-refractivity contribution is -0.445. The number of aliphatic hydroxyl groups is 2. The molecule has 0 radical (unpaired) electrons. The van der Waals surface area contributed by atoms with Crippen LogP contribution in [-0.2, 0) is 0 Å². The first-order chi connectivity index (χ1) is 9.43. The predicted molar refractivity (Wildman–Crippen MR) is 43.8 cm³/mol. The van der Waals surface area contributed by atoms with Crippen molar-refractivity contribution >= 4 is 0 Å². The minimum atomic E-state index is -7.32. The van der Waals surface area contributed by atoms with Crippen LogP contribution in [0, 0.1) is 0 Å². The van der Waals surface area contributed by atoms with Crippen molar-refractivity contribution in [2.75, 3.05) is 0 Å². The van der Waals surface area contributed by atoms with Crippen LogP contribution in [0.1, 0.15) is 0 Å². The topological polar surface area (TPSA) is 40.5 Å². The first kappa shape index (κ1) is 21.1. The second-order valence-electron chi connectivity index (χ2n) is 3.98. The van der Waals surface area contributed by atoms with Gasteiger partial charge in [-0.25, -0.2) is 22.0 Å². The maximum atomic E-state index is 12.8. The van der Waals surface area contributed by atoms with Gasteiger partial charge in [0, 0.05) is 0 Å². The van der Waals surface area contributed by atoms with E-state index in [0.717, 1.165) is 0 Å². The van der Waals surface area contributed by atoms with E-state index in [4.69, 9.17) is 10.2 Å². The Morgan fingerprint density at radius 3 is 1.23 bits per heavy atom. The molecule has 0 saturated carbocycles. The fourth-order valence-electron chi connectivity index (χ4n) is 1.08. The molecule has 14 heteroatoms. The third kappa shape index (κ3) is 3.21. The molecule has 0 aromatic carbocycles. The molecule has 0 bridgehead atoms. The molecule has 0 amide bonds. The molecule has 0 heterocycles. The number of hydrogen-bond acceptors (Lipinski definition) is 2. The van der Waals surface area contributed by atoms with Crippen LogP contribution in [0.5, 0.6) is 0 Å². The van der Waals surface area contributed by atoms with Gasteiger partial charge in [0.05, 0.1) is 0 Å². The molecule has 2 nitrogen and oxygen atoms in total. The summed E-state index contributed by atoms with van der Waals surface area (Å²) in [5.41, 5.74) is 0. The molecule has 22 heavy (non-hydrogen) atoms. The van der Waals surface area contributed by atoms with Crippen LogP contribution in [0.2, 0.25) is 0 Å². The molecule has 0 rings (SSSR count). The summed E-state index contributed by atoms with van der Waals surface area (Å²) in [5.74, 6) is -21.4. The molecule has 0 aromatic heterocycles. The van der Waals surface area contributed by atoms with Gasteiger partial charge in [0.1, 0.15) is 0 Å². The maximum absolute atomic E-state index is 12.8. The second-order valence-corrected chi connectivity index (χ2v) is 3.98. The minimum Gasteiger partial charge on any atom is -0.335 e. The van der Waals surface area contributed by atoms with Gasteiger partial charge in [0.15, 0.2) is 12.3 Å². The van der Waals surface area contributed by atoms with Crippen LogP contribution < -0.4 is 0 Å². The molecule has 0 aliphatic carbocycles. The van der Waals surface area contributed by atoms with Gasteiger partial charge in [0.25, 0.3) is 6.43 Å². The first-order valence-electron chi connectivity index (χ1n) is 4.90. The van der Waals surface area contributed by atoms with Gasteiger partial charge in [-0.3, -0.25) is 0 Å². The predicted octanol–water partition coefficient (Wildman–Crippen LogP) is 2.78. The quantitative estimate of drug-likeness (QED) is 0.540. The highest BCUT2D eigenvalue weighted by Crippen LogP contribution is 2.53. The van der Waals surface area contributed by atoms with Gasteiger partial charge in [-0.05, 0) is 0 Å². The van der Waals surface area contributed by atoms with Crippen molar-refractivity contribution in [3.63, 3.8) is 0 Å².